The summed E-state index contributed by atoms with van der Waals surface area (Å²) in [6, 6.07) is 14.4. The highest BCUT2D eigenvalue weighted by atomic mass is 79.9. The molecule has 4 nitrogen and oxygen atoms in total. The van der Waals surface area contributed by atoms with E-state index in [1.165, 1.54) is 0 Å². The van der Waals surface area contributed by atoms with Gasteiger partial charge in [0.25, 0.3) is 0 Å². The number of hydrogen-bond acceptors (Lipinski definition) is 3. The Balaban J connectivity index is 1.97. The Morgan fingerprint density at radius 2 is 1.96 bits per heavy atom. The van der Waals surface area contributed by atoms with Crippen molar-refractivity contribution >= 4 is 26.0 Å². The van der Waals surface area contributed by atoms with Crippen molar-refractivity contribution in [2.24, 2.45) is 0 Å². The predicted octanol–water partition coefficient (Wildman–Crippen LogP) is 3.98. The van der Waals surface area contributed by atoms with Crippen LogP contribution in [0.3, 0.4) is 0 Å². The summed E-state index contributed by atoms with van der Waals surface area (Å²) in [5.41, 5.74) is 0.973. The van der Waals surface area contributed by atoms with E-state index in [1.54, 1.807) is 29.6 Å². The van der Waals surface area contributed by atoms with Gasteiger partial charge in [-0.2, -0.15) is 4.31 Å². The summed E-state index contributed by atoms with van der Waals surface area (Å²) in [6.07, 6.45) is 1.68. The first kappa shape index (κ1) is 16.5. The highest BCUT2D eigenvalue weighted by molar-refractivity contribution is 9.10. The summed E-state index contributed by atoms with van der Waals surface area (Å²) in [5, 5.41) is 0. The van der Waals surface area contributed by atoms with Gasteiger partial charge in [-0.05, 0) is 48.7 Å². The van der Waals surface area contributed by atoms with Crippen molar-refractivity contribution < 1.29 is 13.2 Å². The Morgan fingerprint density at radius 3 is 2.70 bits per heavy atom. The SMILES string of the molecule is COc1cccc(C2CCCN2S(=O)(=O)c2cccc(Br)c2)c1. The Morgan fingerprint density at radius 1 is 1.17 bits per heavy atom. The molecule has 0 aliphatic carbocycles. The van der Waals surface area contributed by atoms with Crippen LogP contribution in [0.2, 0.25) is 0 Å². The van der Waals surface area contributed by atoms with Crippen molar-refractivity contribution in [2.45, 2.75) is 23.8 Å². The van der Waals surface area contributed by atoms with Crippen molar-refractivity contribution in [3.8, 4) is 5.75 Å². The molecule has 0 aromatic heterocycles. The fourth-order valence-electron chi connectivity index (χ4n) is 2.97. The first-order valence-electron chi connectivity index (χ1n) is 7.44. The summed E-state index contributed by atoms with van der Waals surface area (Å²) in [5.74, 6) is 0.745. The molecular weight excluding hydrogens is 378 g/mol. The highest BCUT2D eigenvalue weighted by Crippen LogP contribution is 2.37. The molecule has 0 spiro atoms. The molecule has 1 atom stereocenters. The molecule has 1 aliphatic rings. The number of sulfonamides is 1. The lowest BCUT2D eigenvalue weighted by Crippen LogP contribution is -2.30. The van der Waals surface area contributed by atoms with E-state index in [1.807, 2.05) is 30.3 Å². The van der Waals surface area contributed by atoms with E-state index < -0.39 is 10.0 Å². The van der Waals surface area contributed by atoms with Crippen LogP contribution in [-0.2, 0) is 10.0 Å². The average molecular weight is 396 g/mol. The molecule has 2 aromatic rings. The minimum Gasteiger partial charge on any atom is -0.497 e. The normalized spacial score (nSPS) is 19.0. The average Bonchev–Trinajstić information content (AvgIpc) is 3.05. The molecule has 0 N–H and O–H groups in total. The van der Waals surface area contributed by atoms with Crippen LogP contribution in [0.15, 0.2) is 57.9 Å². The number of halogens is 1. The lowest BCUT2D eigenvalue weighted by atomic mass is 10.1. The van der Waals surface area contributed by atoms with Crippen molar-refractivity contribution in [2.75, 3.05) is 13.7 Å². The topological polar surface area (TPSA) is 46.6 Å². The van der Waals surface area contributed by atoms with Gasteiger partial charge in [0.1, 0.15) is 5.75 Å². The number of benzene rings is 2. The molecule has 3 rings (SSSR count). The van der Waals surface area contributed by atoms with Crippen LogP contribution in [-0.4, -0.2) is 26.4 Å². The van der Waals surface area contributed by atoms with E-state index in [0.29, 0.717) is 11.4 Å². The number of rotatable bonds is 4. The maximum atomic E-state index is 13.0. The molecule has 1 unspecified atom stereocenters. The van der Waals surface area contributed by atoms with Crippen molar-refractivity contribution in [3.63, 3.8) is 0 Å². The molecule has 0 saturated carbocycles. The van der Waals surface area contributed by atoms with Gasteiger partial charge in [0.05, 0.1) is 18.0 Å². The first-order chi connectivity index (χ1) is 11.0. The van der Waals surface area contributed by atoms with Gasteiger partial charge >= 0.3 is 0 Å². The van der Waals surface area contributed by atoms with Gasteiger partial charge in [0, 0.05) is 11.0 Å². The molecule has 1 heterocycles. The van der Waals surface area contributed by atoms with E-state index in [-0.39, 0.29) is 6.04 Å². The van der Waals surface area contributed by atoms with Gasteiger partial charge in [-0.15, -0.1) is 0 Å². The summed E-state index contributed by atoms with van der Waals surface area (Å²) in [7, 11) is -1.90. The van der Waals surface area contributed by atoms with Crippen molar-refractivity contribution in [1.82, 2.24) is 4.31 Å². The Labute approximate surface area is 145 Å². The molecule has 2 aromatic carbocycles. The second-order valence-electron chi connectivity index (χ2n) is 5.51. The van der Waals surface area contributed by atoms with Gasteiger partial charge < -0.3 is 4.74 Å². The molecule has 1 fully saturated rings. The van der Waals surface area contributed by atoms with Gasteiger partial charge in [-0.25, -0.2) is 8.42 Å². The zero-order valence-corrected chi connectivity index (χ0v) is 15.2. The largest absolute Gasteiger partial charge is 0.497 e. The maximum Gasteiger partial charge on any atom is 0.243 e. The molecule has 6 heteroatoms. The molecular formula is C17H18BrNO3S. The van der Waals surface area contributed by atoms with Crippen LogP contribution in [0.1, 0.15) is 24.4 Å². The van der Waals surface area contributed by atoms with E-state index in [4.69, 9.17) is 4.74 Å². The number of ether oxygens (including phenoxy) is 1. The van der Waals surface area contributed by atoms with Crippen LogP contribution >= 0.6 is 15.9 Å². The summed E-state index contributed by atoms with van der Waals surface area (Å²) < 4.78 is 33.6. The molecule has 1 saturated heterocycles. The minimum atomic E-state index is -3.52. The number of methoxy groups -OCH3 is 1. The van der Waals surface area contributed by atoms with Gasteiger partial charge in [-0.3, -0.25) is 0 Å². The fraction of sp³-hybridized carbons (Fsp3) is 0.294. The molecule has 0 radical (unpaired) electrons. The number of hydrogen-bond donors (Lipinski definition) is 0. The third-order valence-corrected chi connectivity index (χ3v) is 6.48. The van der Waals surface area contributed by atoms with Crippen molar-refractivity contribution in [3.05, 3.63) is 58.6 Å². The Bertz CT molecular complexity index is 807. The first-order valence-corrected chi connectivity index (χ1v) is 9.67. The Hall–Kier alpha value is -1.37. The van der Waals surface area contributed by atoms with E-state index in [9.17, 15) is 8.42 Å². The monoisotopic (exact) mass is 395 g/mol. The highest BCUT2D eigenvalue weighted by Gasteiger charge is 2.36. The smallest absolute Gasteiger partial charge is 0.243 e. The summed E-state index contributed by atoms with van der Waals surface area (Å²) >= 11 is 3.34. The summed E-state index contributed by atoms with van der Waals surface area (Å²) in [4.78, 5) is 0.321. The van der Waals surface area contributed by atoms with Crippen LogP contribution in [0.25, 0.3) is 0 Å². The fourth-order valence-corrected chi connectivity index (χ4v) is 5.25. The third kappa shape index (κ3) is 3.29. The van der Waals surface area contributed by atoms with Crippen LogP contribution in [0, 0.1) is 0 Å². The second kappa shape index (κ2) is 6.63. The lowest BCUT2D eigenvalue weighted by molar-refractivity contribution is 0.390. The molecule has 1 aliphatic heterocycles. The van der Waals surface area contributed by atoms with Gasteiger partial charge in [0.2, 0.25) is 10.0 Å². The third-order valence-electron chi connectivity index (χ3n) is 4.08. The van der Waals surface area contributed by atoms with Gasteiger partial charge in [-0.1, -0.05) is 34.1 Å². The van der Waals surface area contributed by atoms with Crippen LogP contribution < -0.4 is 4.74 Å². The standard InChI is InChI=1S/C17H18BrNO3S/c1-22-15-7-2-5-13(11-15)17-9-4-10-19(17)23(20,21)16-8-3-6-14(18)12-16/h2-3,5-8,11-12,17H,4,9-10H2,1H3. The zero-order chi connectivity index (χ0) is 16.4. The molecule has 122 valence electrons. The van der Waals surface area contributed by atoms with E-state index >= 15 is 0 Å². The lowest BCUT2D eigenvalue weighted by Gasteiger charge is -2.24. The van der Waals surface area contributed by atoms with Crippen LogP contribution in [0.4, 0.5) is 0 Å². The maximum absolute atomic E-state index is 13.0. The Kier molecular flexibility index (Phi) is 4.75. The zero-order valence-electron chi connectivity index (χ0n) is 12.8. The second-order valence-corrected chi connectivity index (χ2v) is 8.31. The minimum absolute atomic E-state index is 0.144. The molecule has 23 heavy (non-hydrogen) atoms. The van der Waals surface area contributed by atoms with Crippen LogP contribution in [0.5, 0.6) is 5.75 Å². The quantitative estimate of drug-likeness (QED) is 0.786. The molecule has 0 bridgehead atoms. The molecule has 0 amide bonds. The van der Waals surface area contributed by atoms with E-state index in [0.717, 1.165) is 28.6 Å². The van der Waals surface area contributed by atoms with Gasteiger partial charge in [0.15, 0.2) is 0 Å². The predicted molar refractivity (Wildman–Crippen MR) is 93.0 cm³/mol. The number of nitrogens with zero attached hydrogens (tertiary/aromatic N) is 1. The van der Waals surface area contributed by atoms with Crippen molar-refractivity contribution in [1.29, 1.82) is 0 Å². The van der Waals surface area contributed by atoms with E-state index in [2.05, 4.69) is 15.9 Å². The summed E-state index contributed by atoms with van der Waals surface area (Å²) in [6.45, 7) is 0.538.